The van der Waals surface area contributed by atoms with Crippen LogP contribution in [0.4, 0.5) is 10.1 Å². The van der Waals surface area contributed by atoms with Crippen molar-refractivity contribution in [2.45, 2.75) is 13.8 Å². The van der Waals surface area contributed by atoms with Gasteiger partial charge < -0.3 is 5.11 Å². The van der Waals surface area contributed by atoms with Crippen LogP contribution in [0.15, 0.2) is 73.1 Å². The smallest absolute Gasteiger partial charge is 0.331 e. The summed E-state index contributed by atoms with van der Waals surface area (Å²) in [7, 11) is 0. The summed E-state index contributed by atoms with van der Waals surface area (Å²) in [4.78, 5) is 28.1. The Hall–Kier alpha value is -4.30. The molecule has 35 heavy (non-hydrogen) atoms. The molecule has 9 heteroatoms. The second-order valence-electron chi connectivity index (χ2n) is 8.07. The van der Waals surface area contributed by atoms with Crippen molar-refractivity contribution < 1.29 is 23.7 Å². The minimum atomic E-state index is -0.810. The number of carbonyl (C=O) groups excluding carboxylic acids is 2. The zero-order valence-electron chi connectivity index (χ0n) is 18.7. The second-order valence-corrected chi connectivity index (χ2v) is 8.50. The van der Waals surface area contributed by atoms with Crippen LogP contribution in [0, 0.1) is 19.7 Å². The first-order valence-electron chi connectivity index (χ1n) is 10.7. The zero-order valence-corrected chi connectivity index (χ0v) is 19.5. The van der Waals surface area contributed by atoms with Crippen molar-refractivity contribution in [3.8, 4) is 11.6 Å². The summed E-state index contributed by atoms with van der Waals surface area (Å²) in [6.45, 7) is 3.40. The van der Waals surface area contributed by atoms with Gasteiger partial charge in [0.2, 0.25) is 0 Å². The molecule has 0 atom stereocenters. The molecule has 2 aromatic heterocycles. The van der Waals surface area contributed by atoms with Gasteiger partial charge in [0.15, 0.2) is 12.4 Å². The SMILES string of the molecule is Cc1ccc[n+](C2=C(c3c(C)nn(-c4cccc(Cl)c4)c3[O-])C(=O)N(c3ccccc3F)C2=O)c1. The van der Waals surface area contributed by atoms with Gasteiger partial charge in [-0.05, 0) is 56.1 Å². The molecule has 2 amide bonds. The highest BCUT2D eigenvalue weighted by Crippen LogP contribution is 2.39. The first kappa shape index (κ1) is 22.5. The topological polar surface area (TPSA) is 82.1 Å². The maximum Gasteiger partial charge on any atom is 0.331 e. The van der Waals surface area contributed by atoms with Gasteiger partial charge in [0.05, 0.1) is 17.1 Å². The van der Waals surface area contributed by atoms with E-state index in [0.29, 0.717) is 10.7 Å². The number of anilines is 1. The number of benzene rings is 2. The van der Waals surface area contributed by atoms with Gasteiger partial charge in [-0.1, -0.05) is 29.8 Å². The summed E-state index contributed by atoms with van der Waals surface area (Å²) in [5.74, 6) is -2.89. The molecule has 0 aliphatic carbocycles. The monoisotopic (exact) mass is 488 g/mol. The maximum atomic E-state index is 14.7. The number of imide groups is 1. The third-order valence-electron chi connectivity index (χ3n) is 5.68. The van der Waals surface area contributed by atoms with Crippen LogP contribution in [0.1, 0.15) is 16.8 Å². The van der Waals surface area contributed by atoms with Crippen molar-refractivity contribution in [1.82, 2.24) is 9.78 Å². The van der Waals surface area contributed by atoms with E-state index in [-0.39, 0.29) is 28.2 Å². The van der Waals surface area contributed by atoms with Crippen LogP contribution in [-0.4, -0.2) is 21.6 Å². The van der Waals surface area contributed by atoms with Crippen molar-refractivity contribution in [2.75, 3.05) is 4.90 Å². The largest absolute Gasteiger partial charge is 0.858 e. The molecule has 0 fully saturated rings. The van der Waals surface area contributed by atoms with Crippen molar-refractivity contribution in [2.24, 2.45) is 0 Å². The van der Waals surface area contributed by atoms with Crippen LogP contribution in [-0.2, 0) is 9.59 Å². The lowest BCUT2D eigenvalue weighted by molar-refractivity contribution is -0.577. The lowest BCUT2D eigenvalue weighted by atomic mass is 10.0. The number of aromatic nitrogens is 3. The summed E-state index contributed by atoms with van der Waals surface area (Å²) in [5, 5.41) is 18.3. The molecule has 4 aromatic rings. The lowest BCUT2D eigenvalue weighted by Gasteiger charge is -2.16. The highest BCUT2D eigenvalue weighted by atomic mass is 35.5. The van der Waals surface area contributed by atoms with Crippen molar-refractivity contribution in [3.05, 3.63) is 101 Å². The molecule has 1 aliphatic rings. The van der Waals surface area contributed by atoms with Crippen molar-refractivity contribution in [1.29, 1.82) is 0 Å². The first-order chi connectivity index (χ1) is 16.8. The van der Waals surface area contributed by atoms with E-state index in [4.69, 9.17) is 11.6 Å². The average Bonchev–Trinajstić information content (AvgIpc) is 3.25. The summed E-state index contributed by atoms with van der Waals surface area (Å²) in [6, 6.07) is 15.6. The van der Waals surface area contributed by atoms with Gasteiger partial charge in [-0.25, -0.2) is 14.0 Å². The number of hydrogen-bond acceptors (Lipinski definition) is 4. The first-order valence-corrected chi connectivity index (χ1v) is 11.0. The standard InChI is InChI=1S/C26H18ClFN4O3/c1-15-7-6-12-30(14-15)23-22(24(33)31(26(23)35)20-11-4-3-10-19(20)28)21-16(2)29-32(25(21)34)18-9-5-8-17(27)13-18/h3-14H,1-2H3. The van der Waals surface area contributed by atoms with Crippen LogP contribution < -0.4 is 14.6 Å². The summed E-state index contributed by atoms with van der Waals surface area (Å²) >= 11 is 6.09. The van der Waals surface area contributed by atoms with Crippen LogP contribution in [0.25, 0.3) is 17.0 Å². The molecule has 0 saturated carbocycles. The molecular formula is C26H18ClFN4O3. The van der Waals surface area contributed by atoms with Crippen molar-refractivity contribution >= 4 is 40.4 Å². The average molecular weight is 489 g/mol. The molecule has 1 aliphatic heterocycles. The molecule has 0 radical (unpaired) electrons. The fourth-order valence-electron chi connectivity index (χ4n) is 4.14. The summed E-state index contributed by atoms with van der Waals surface area (Å²) < 4.78 is 17.3. The molecular weight excluding hydrogens is 471 g/mol. The molecule has 0 bridgehead atoms. The number of aryl methyl sites for hydroxylation is 2. The zero-order chi connectivity index (χ0) is 24.9. The van der Waals surface area contributed by atoms with Crippen LogP contribution in [0.3, 0.4) is 0 Å². The van der Waals surface area contributed by atoms with Gasteiger partial charge in [0.25, 0.3) is 11.6 Å². The van der Waals surface area contributed by atoms with E-state index in [1.165, 1.54) is 22.8 Å². The molecule has 5 rings (SSSR count). The highest BCUT2D eigenvalue weighted by molar-refractivity contribution is 6.53. The Labute approximate surface area is 204 Å². The Kier molecular flexibility index (Phi) is 5.45. The van der Waals surface area contributed by atoms with Gasteiger partial charge in [-0.3, -0.25) is 9.59 Å². The highest BCUT2D eigenvalue weighted by Gasteiger charge is 2.48. The number of amides is 2. The third kappa shape index (κ3) is 3.68. The Balaban J connectivity index is 1.77. The Morgan fingerprint density at radius 3 is 2.49 bits per heavy atom. The molecule has 3 heterocycles. The van der Waals surface area contributed by atoms with E-state index in [1.54, 1.807) is 49.6 Å². The van der Waals surface area contributed by atoms with Gasteiger partial charge in [0.1, 0.15) is 11.4 Å². The van der Waals surface area contributed by atoms with E-state index < -0.39 is 23.5 Å². The van der Waals surface area contributed by atoms with Gasteiger partial charge >= 0.3 is 5.91 Å². The number of carbonyl (C=O) groups is 2. The molecule has 0 unspecified atom stereocenters. The van der Waals surface area contributed by atoms with E-state index in [2.05, 4.69) is 5.10 Å². The number of halogens is 2. The molecule has 2 aromatic carbocycles. The fraction of sp³-hybridized carbons (Fsp3) is 0.0769. The van der Waals surface area contributed by atoms with Crippen LogP contribution >= 0.6 is 11.6 Å². The summed E-state index contributed by atoms with van der Waals surface area (Å²) in [5.41, 5.74) is 1.02. The molecule has 0 spiro atoms. The quantitative estimate of drug-likeness (QED) is 0.325. The Bertz CT molecular complexity index is 1560. The van der Waals surface area contributed by atoms with E-state index in [0.717, 1.165) is 21.2 Å². The molecule has 0 N–H and O–H groups in total. The van der Waals surface area contributed by atoms with E-state index in [1.807, 2.05) is 13.0 Å². The Morgan fingerprint density at radius 1 is 1.00 bits per heavy atom. The number of pyridine rings is 1. The molecule has 0 saturated heterocycles. The molecule has 174 valence electrons. The van der Waals surface area contributed by atoms with Gasteiger partial charge in [-0.2, -0.15) is 9.67 Å². The van der Waals surface area contributed by atoms with Gasteiger partial charge in [-0.15, -0.1) is 0 Å². The normalized spacial score (nSPS) is 13.8. The predicted molar refractivity (Wildman–Crippen MR) is 126 cm³/mol. The number of nitrogens with zero attached hydrogens (tertiary/aromatic N) is 4. The molecule has 7 nitrogen and oxygen atoms in total. The third-order valence-corrected chi connectivity index (χ3v) is 5.92. The van der Waals surface area contributed by atoms with E-state index >= 15 is 0 Å². The van der Waals surface area contributed by atoms with Gasteiger partial charge in [0, 0.05) is 22.2 Å². The summed E-state index contributed by atoms with van der Waals surface area (Å²) in [6.07, 6.45) is 3.26. The van der Waals surface area contributed by atoms with Crippen LogP contribution in [0.2, 0.25) is 5.02 Å². The fourth-order valence-corrected chi connectivity index (χ4v) is 4.33. The number of hydrogen-bond donors (Lipinski definition) is 0. The predicted octanol–water partition coefficient (Wildman–Crippen LogP) is 3.58. The lowest BCUT2D eigenvalue weighted by Crippen LogP contribution is -2.40. The van der Waals surface area contributed by atoms with E-state index in [9.17, 15) is 19.1 Å². The minimum Gasteiger partial charge on any atom is -0.858 e. The number of rotatable bonds is 4. The Morgan fingerprint density at radius 2 is 1.77 bits per heavy atom. The second kappa shape index (κ2) is 8.48. The maximum absolute atomic E-state index is 14.7. The van der Waals surface area contributed by atoms with Crippen molar-refractivity contribution in [3.63, 3.8) is 0 Å². The number of para-hydroxylation sites is 1. The van der Waals surface area contributed by atoms with Crippen LogP contribution in [0.5, 0.6) is 5.88 Å². The minimum absolute atomic E-state index is 0.0360.